The number of para-hydroxylation sites is 1. The minimum atomic E-state index is -0.885. The number of aryl methyl sites for hydroxylation is 3. The molecule has 0 saturated heterocycles. The van der Waals surface area contributed by atoms with Crippen LogP contribution in [0.5, 0.6) is 5.75 Å². The Bertz CT molecular complexity index is 1720. The predicted molar refractivity (Wildman–Crippen MR) is 162 cm³/mol. The first-order chi connectivity index (χ1) is 19.5. The molecule has 0 radical (unpaired) electrons. The number of fused-ring (bicyclic) bond motifs is 3. The topological polar surface area (TPSA) is 72.5 Å². The summed E-state index contributed by atoms with van der Waals surface area (Å²) in [5.41, 5.74) is 6.51. The third-order valence-corrected chi connectivity index (χ3v) is 8.47. The van der Waals surface area contributed by atoms with Gasteiger partial charge in [0.1, 0.15) is 11.4 Å². The fourth-order valence-electron chi connectivity index (χ4n) is 6.19. The van der Waals surface area contributed by atoms with Gasteiger partial charge in [-0.1, -0.05) is 70.5 Å². The molecule has 7 nitrogen and oxygen atoms in total. The van der Waals surface area contributed by atoms with Crippen LogP contribution in [0.1, 0.15) is 40.3 Å². The van der Waals surface area contributed by atoms with Crippen LogP contribution >= 0.6 is 15.9 Å². The fourth-order valence-corrected chi connectivity index (χ4v) is 6.59. The van der Waals surface area contributed by atoms with Gasteiger partial charge in [0.15, 0.2) is 0 Å². The number of carbonyl (C=O) groups is 1. The molecule has 8 heteroatoms. The molecule has 1 N–H and O–H groups in total. The minimum Gasteiger partial charge on any atom is -0.493 e. The molecule has 5 aromatic rings. The maximum absolute atomic E-state index is 12.8. The van der Waals surface area contributed by atoms with Crippen molar-refractivity contribution in [2.45, 2.75) is 37.7 Å². The smallest absolute Gasteiger partial charge is 0.352 e. The van der Waals surface area contributed by atoms with E-state index >= 15 is 0 Å². The van der Waals surface area contributed by atoms with E-state index in [9.17, 15) is 9.90 Å². The first-order valence-electron chi connectivity index (χ1n) is 13.8. The lowest BCUT2D eigenvalue weighted by Crippen LogP contribution is -2.23. The molecule has 0 atom stereocenters. The molecule has 0 amide bonds. The van der Waals surface area contributed by atoms with E-state index in [1.807, 2.05) is 46.6 Å². The Hall–Kier alpha value is -3.62. The Balaban J connectivity index is 1.41. The first-order valence-corrected chi connectivity index (χ1v) is 14.9. The van der Waals surface area contributed by atoms with E-state index < -0.39 is 5.97 Å². The molecule has 0 bridgehead atoms. The third-order valence-electron chi connectivity index (χ3n) is 7.94. The predicted octanol–water partition coefficient (Wildman–Crippen LogP) is 6.64. The average Bonchev–Trinajstić information content (AvgIpc) is 3.45. The normalized spacial score (nSPS) is 14.0. The molecule has 0 unspecified atom stereocenters. The van der Waals surface area contributed by atoms with Gasteiger partial charge in [-0.2, -0.15) is 5.10 Å². The zero-order chi connectivity index (χ0) is 27.8. The summed E-state index contributed by atoms with van der Waals surface area (Å²) in [5.74, 6) is -0.0279. The molecule has 0 saturated carbocycles. The highest BCUT2D eigenvalue weighted by molar-refractivity contribution is 9.08. The number of carboxylic acids is 1. The average molecular weight is 602 g/mol. The van der Waals surface area contributed by atoms with Crippen molar-refractivity contribution in [3.8, 4) is 16.9 Å². The van der Waals surface area contributed by atoms with E-state index in [1.54, 1.807) is 0 Å². The summed E-state index contributed by atoms with van der Waals surface area (Å²) < 4.78 is 10.2. The van der Waals surface area contributed by atoms with Gasteiger partial charge in [-0.15, -0.1) is 0 Å². The number of rotatable bonds is 7. The third kappa shape index (κ3) is 4.69. The van der Waals surface area contributed by atoms with Crippen molar-refractivity contribution in [2.75, 3.05) is 20.2 Å². The number of hydrogen-bond donors (Lipinski definition) is 1. The Kier molecular flexibility index (Phi) is 7.38. The summed E-state index contributed by atoms with van der Waals surface area (Å²) in [6.07, 6.45) is 2.18. The highest BCUT2D eigenvalue weighted by atomic mass is 79.9. The first kappa shape index (κ1) is 26.6. The summed E-state index contributed by atoms with van der Waals surface area (Å²) in [5, 5.41) is 19.2. The zero-order valence-electron chi connectivity index (χ0n) is 22.9. The Morgan fingerprint density at radius 3 is 2.62 bits per heavy atom. The number of aromatic nitrogens is 3. The number of nitrogens with zero attached hydrogens (tertiary/aromatic N) is 4. The summed E-state index contributed by atoms with van der Waals surface area (Å²) in [6, 6.07) is 20.5. The van der Waals surface area contributed by atoms with E-state index in [0.29, 0.717) is 37.0 Å². The molecular formula is C32H33BrN4O3. The van der Waals surface area contributed by atoms with Crippen molar-refractivity contribution < 1.29 is 14.6 Å². The molecule has 3 aromatic carbocycles. The molecule has 3 heterocycles. The zero-order valence-corrected chi connectivity index (χ0v) is 24.4. The highest BCUT2D eigenvalue weighted by Crippen LogP contribution is 2.39. The second-order valence-electron chi connectivity index (χ2n) is 10.5. The van der Waals surface area contributed by atoms with Crippen LogP contribution in [0.3, 0.4) is 0 Å². The van der Waals surface area contributed by atoms with Gasteiger partial charge < -0.3 is 19.3 Å². The number of halogens is 1. The van der Waals surface area contributed by atoms with E-state index in [1.165, 1.54) is 0 Å². The fraction of sp³-hybridized carbons (Fsp3) is 0.312. The molecule has 206 valence electrons. The largest absolute Gasteiger partial charge is 0.493 e. The molecule has 6 rings (SSSR count). The van der Waals surface area contributed by atoms with Gasteiger partial charge in [0, 0.05) is 47.4 Å². The summed E-state index contributed by atoms with van der Waals surface area (Å²) in [4.78, 5) is 15.1. The second kappa shape index (κ2) is 11.1. The maximum Gasteiger partial charge on any atom is 0.352 e. The molecule has 1 aliphatic rings. The summed E-state index contributed by atoms with van der Waals surface area (Å²) in [7, 11) is 4.11. The van der Waals surface area contributed by atoms with E-state index in [2.05, 4.69) is 58.2 Å². The van der Waals surface area contributed by atoms with Crippen LogP contribution in [0.2, 0.25) is 0 Å². The molecular weight excluding hydrogens is 568 g/mol. The number of ether oxygens (including phenoxy) is 1. The van der Waals surface area contributed by atoms with E-state index in [0.717, 1.165) is 75.0 Å². The number of benzene rings is 3. The Labute approximate surface area is 242 Å². The van der Waals surface area contributed by atoms with Crippen molar-refractivity contribution in [1.82, 2.24) is 19.2 Å². The van der Waals surface area contributed by atoms with Gasteiger partial charge in [0.05, 0.1) is 23.5 Å². The van der Waals surface area contributed by atoms with Gasteiger partial charge in [-0.25, -0.2) is 4.79 Å². The van der Waals surface area contributed by atoms with Crippen molar-refractivity contribution >= 4 is 43.6 Å². The molecule has 40 heavy (non-hydrogen) atoms. The van der Waals surface area contributed by atoms with E-state index in [-0.39, 0.29) is 0 Å². The molecule has 0 fully saturated rings. The lowest BCUT2D eigenvalue weighted by Gasteiger charge is -2.21. The molecule has 1 aliphatic heterocycles. The van der Waals surface area contributed by atoms with Crippen LogP contribution in [-0.2, 0) is 31.9 Å². The van der Waals surface area contributed by atoms with Crippen LogP contribution in [0.15, 0.2) is 60.7 Å². The van der Waals surface area contributed by atoms with Crippen LogP contribution < -0.4 is 4.74 Å². The summed E-state index contributed by atoms with van der Waals surface area (Å²) in [6.45, 7) is 2.80. The van der Waals surface area contributed by atoms with Crippen molar-refractivity contribution in [1.29, 1.82) is 0 Å². The lowest BCUT2D eigenvalue weighted by molar-refractivity contribution is 0.0684. The van der Waals surface area contributed by atoms with Gasteiger partial charge in [-0.3, -0.25) is 4.68 Å². The van der Waals surface area contributed by atoms with Gasteiger partial charge in [-0.05, 0) is 49.9 Å². The Morgan fingerprint density at radius 1 is 1.02 bits per heavy atom. The quantitative estimate of drug-likeness (QED) is 0.167. The number of alkyl halides is 1. The van der Waals surface area contributed by atoms with Crippen molar-refractivity contribution in [3.63, 3.8) is 0 Å². The molecule has 0 spiro atoms. The van der Waals surface area contributed by atoms with Crippen LogP contribution in [0, 0.1) is 0 Å². The summed E-state index contributed by atoms with van der Waals surface area (Å²) >= 11 is 3.65. The number of hydrogen-bond acceptors (Lipinski definition) is 4. The van der Waals surface area contributed by atoms with Crippen LogP contribution in [0.4, 0.5) is 0 Å². The number of carboxylic acid groups (broad SMARTS) is 1. The molecule has 2 aromatic heterocycles. The number of aromatic carboxylic acids is 1. The standard InChI is InChI=1S/C32H33BrN4O3/c1-35-16-8-17-37-30-23(12-6-13-25(30)29-26(19-33)34-36(2)27(29)20-35)24(31(37)32(38)39)14-7-18-40-28-15-5-10-21-9-3-4-11-22(21)28/h3-6,9-13,15H,7-8,14,16-20H2,1-2H3,(H,38,39). The van der Waals surface area contributed by atoms with Crippen molar-refractivity contribution in [2.24, 2.45) is 7.05 Å². The van der Waals surface area contributed by atoms with Gasteiger partial charge in [0.2, 0.25) is 0 Å². The van der Waals surface area contributed by atoms with Crippen LogP contribution in [0.25, 0.3) is 32.8 Å². The van der Waals surface area contributed by atoms with Crippen molar-refractivity contribution in [3.05, 3.63) is 83.3 Å². The second-order valence-corrected chi connectivity index (χ2v) is 11.1. The minimum absolute atomic E-state index is 0.390. The monoisotopic (exact) mass is 600 g/mol. The lowest BCUT2D eigenvalue weighted by atomic mass is 9.98. The van der Waals surface area contributed by atoms with E-state index in [4.69, 9.17) is 9.84 Å². The Morgan fingerprint density at radius 2 is 1.80 bits per heavy atom. The SMILES string of the molecule is CN1CCCn2c(C(=O)O)c(CCCOc3cccc4ccccc34)c3cccc(c32)-c2c(CBr)nn(C)c2C1. The maximum atomic E-state index is 12.8. The van der Waals surface area contributed by atoms with Gasteiger partial charge in [0.25, 0.3) is 0 Å². The van der Waals surface area contributed by atoms with Gasteiger partial charge >= 0.3 is 5.97 Å². The molecule has 0 aliphatic carbocycles. The van der Waals surface area contributed by atoms with Crippen LogP contribution in [-0.4, -0.2) is 50.5 Å². The highest BCUT2D eigenvalue weighted by Gasteiger charge is 2.28.